The molecule has 0 saturated carbocycles. The molecule has 1 aliphatic heterocycles. The SMILES string of the molecule is CC1CN(c2nc3c(s2)CCCC3N)CC(C)S1. The lowest BCUT2D eigenvalue weighted by molar-refractivity contribution is 0.563. The Balaban J connectivity index is 1.84. The van der Waals surface area contributed by atoms with E-state index >= 15 is 0 Å². The molecule has 100 valence electrons. The van der Waals surface area contributed by atoms with Crippen LogP contribution >= 0.6 is 23.1 Å². The number of rotatable bonds is 1. The molecule has 3 unspecified atom stereocenters. The molecule has 2 aliphatic rings. The Labute approximate surface area is 117 Å². The number of nitrogens with two attached hydrogens (primary N) is 1. The Kier molecular flexibility index (Phi) is 3.56. The molecule has 3 rings (SSSR count). The van der Waals surface area contributed by atoms with Gasteiger partial charge in [-0.15, -0.1) is 11.3 Å². The molecule has 1 aromatic rings. The van der Waals surface area contributed by atoms with E-state index in [1.165, 1.54) is 28.5 Å². The van der Waals surface area contributed by atoms with Crippen LogP contribution in [-0.2, 0) is 6.42 Å². The summed E-state index contributed by atoms with van der Waals surface area (Å²) in [5.74, 6) is 0. The third-order valence-corrected chi connectivity index (χ3v) is 6.10. The van der Waals surface area contributed by atoms with Crippen LogP contribution in [0.25, 0.3) is 0 Å². The van der Waals surface area contributed by atoms with E-state index in [9.17, 15) is 0 Å². The predicted octanol–water partition coefficient (Wildman–Crippen LogP) is 2.81. The fourth-order valence-corrected chi connectivity index (χ4v) is 5.42. The van der Waals surface area contributed by atoms with E-state index in [-0.39, 0.29) is 6.04 Å². The van der Waals surface area contributed by atoms with Gasteiger partial charge in [-0.05, 0) is 19.3 Å². The van der Waals surface area contributed by atoms with Gasteiger partial charge in [0.05, 0.1) is 5.69 Å². The number of nitrogens with zero attached hydrogens (tertiary/aromatic N) is 2. The molecule has 0 amide bonds. The highest BCUT2D eigenvalue weighted by atomic mass is 32.2. The van der Waals surface area contributed by atoms with Gasteiger partial charge >= 0.3 is 0 Å². The van der Waals surface area contributed by atoms with E-state index in [4.69, 9.17) is 10.7 Å². The molecule has 0 spiro atoms. The van der Waals surface area contributed by atoms with Crippen molar-refractivity contribution >= 4 is 28.2 Å². The summed E-state index contributed by atoms with van der Waals surface area (Å²) in [6.45, 7) is 6.87. The second kappa shape index (κ2) is 5.02. The smallest absolute Gasteiger partial charge is 0.185 e. The van der Waals surface area contributed by atoms with Crippen LogP contribution in [-0.4, -0.2) is 28.6 Å². The van der Waals surface area contributed by atoms with Gasteiger partial charge in [-0.2, -0.15) is 11.8 Å². The van der Waals surface area contributed by atoms with Crippen LogP contribution in [0.3, 0.4) is 0 Å². The lowest BCUT2D eigenvalue weighted by Gasteiger charge is -2.34. The third kappa shape index (κ3) is 2.40. The minimum atomic E-state index is 0.174. The standard InChI is InChI=1S/C13H21N3S2/c1-8-6-16(7-9(2)17-8)13-15-12-10(14)4-3-5-11(12)18-13/h8-10H,3-7,14H2,1-2H3. The first-order chi connectivity index (χ1) is 8.63. The summed E-state index contributed by atoms with van der Waals surface area (Å²) >= 11 is 3.96. The van der Waals surface area contributed by atoms with Crippen LogP contribution in [0, 0.1) is 0 Å². The summed E-state index contributed by atoms with van der Waals surface area (Å²) in [5, 5.41) is 2.60. The van der Waals surface area contributed by atoms with Crippen molar-refractivity contribution in [3.63, 3.8) is 0 Å². The zero-order valence-corrected chi connectivity index (χ0v) is 12.7. The van der Waals surface area contributed by atoms with Crippen LogP contribution in [0.4, 0.5) is 5.13 Å². The van der Waals surface area contributed by atoms with Gasteiger partial charge in [0.1, 0.15) is 0 Å². The monoisotopic (exact) mass is 283 g/mol. The molecule has 3 atom stereocenters. The maximum absolute atomic E-state index is 6.17. The first-order valence-corrected chi connectivity index (χ1v) is 8.55. The number of fused-ring (bicyclic) bond motifs is 1. The largest absolute Gasteiger partial charge is 0.346 e. The van der Waals surface area contributed by atoms with Gasteiger partial charge in [0, 0.05) is 34.5 Å². The number of anilines is 1. The molecule has 0 bridgehead atoms. The van der Waals surface area contributed by atoms with E-state index in [0.29, 0.717) is 10.5 Å². The molecular weight excluding hydrogens is 262 g/mol. The number of hydrogen-bond donors (Lipinski definition) is 1. The Hall–Kier alpha value is -0.260. The lowest BCUT2D eigenvalue weighted by Crippen LogP contribution is -2.40. The van der Waals surface area contributed by atoms with Crippen molar-refractivity contribution in [2.75, 3.05) is 18.0 Å². The zero-order valence-electron chi connectivity index (χ0n) is 11.1. The van der Waals surface area contributed by atoms with Crippen molar-refractivity contribution < 1.29 is 0 Å². The molecule has 2 heterocycles. The van der Waals surface area contributed by atoms with Gasteiger partial charge in [0.25, 0.3) is 0 Å². The highest BCUT2D eigenvalue weighted by Crippen LogP contribution is 2.37. The van der Waals surface area contributed by atoms with Gasteiger partial charge in [-0.1, -0.05) is 13.8 Å². The van der Waals surface area contributed by atoms with E-state index in [1.807, 2.05) is 11.3 Å². The maximum atomic E-state index is 6.17. The maximum Gasteiger partial charge on any atom is 0.185 e. The first-order valence-electron chi connectivity index (χ1n) is 6.79. The van der Waals surface area contributed by atoms with Crippen molar-refractivity contribution in [3.8, 4) is 0 Å². The molecule has 1 saturated heterocycles. The van der Waals surface area contributed by atoms with Gasteiger partial charge < -0.3 is 10.6 Å². The average molecular weight is 283 g/mol. The normalized spacial score (nSPS) is 32.4. The fourth-order valence-electron chi connectivity index (χ4n) is 2.91. The number of aromatic nitrogens is 1. The molecule has 0 radical (unpaired) electrons. The number of hydrogen-bond acceptors (Lipinski definition) is 5. The van der Waals surface area contributed by atoms with Gasteiger partial charge in [0.15, 0.2) is 5.13 Å². The number of thiazole rings is 1. The summed E-state index contributed by atoms with van der Waals surface area (Å²) < 4.78 is 0. The lowest BCUT2D eigenvalue weighted by atomic mass is 9.99. The van der Waals surface area contributed by atoms with Crippen molar-refractivity contribution in [3.05, 3.63) is 10.6 Å². The molecule has 3 nitrogen and oxygen atoms in total. The second-order valence-electron chi connectivity index (χ2n) is 5.47. The third-order valence-electron chi connectivity index (χ3n) is 3.68. The van der Waals surface area contributed by atoms with Gasteiger partial charge in [-0.3, -0.25) is 0 Å². The zero-order chi connectivity index (χ0) is 12.7. The van der Waals surface area contributed by atoms with Crippen molar-refractivity contribution in [1.82, 2.24) is 4.98 Å². The second-order valence-corrected chi connectivity index (χ2v) is 8.41. The van der Waals surface area contributed by atoms with Gasteiger partial charge in [0.2, 0.25) is 0 Å². The van der Waals surface area contributed by atoms with Crippen LogP contribution < -0.4 is 10.6 Å². The molecular formula is C13H21N3S2. The molecule has 2 N–H and O–H groups in total. The quantitative estimate of drug-likeness (QED) is 0.860. The Bertz CT molecular complexity index is 422. The number of thioether (sulfide) groups is 1. The fraction of sp³-hybridized carbons (Fsp3) is 0.769. The first kappa shape index (κ1) is 12.8. The molecule has 1 aliphatic carbocycles. The van der Waals surface area contributed by atoms with Crippen LogP contribution in [0.1, 0.15) is 43.3 Å². The highest BCUT2D eigenvalue weighted by Gasteiger charge is 2.28. The summed E-state index contributed by atoms with van der Waals surface area (Å²) in [7, 11) is 0. The van der Waals surface area contributed by atoms with E-state index < -0.39 is 0 Å². The van der Waals surface area contributed by atoms with Crippen molar-refractivity contribution in [1.29, 1.82) is 0 Å². The van der Waals surface area contributed by atoms with Crippen LogP contribution in [0.2, 0.25) is 0 Å². The Morgan fingerprint density at radius 2 is 2.00 bits per heavy atom. The van der Waals surface area contributed by atoms with E-state index in [1.54, 1.807) is 0 Å². The summed E-state index contributed by atoms with van der Waals surface area (Å²) in [4.78, 5) is 8.73. The Morgan fingerprint density at radius 3 is 2.67 bits per heavy atom. The summed E-state index contributed by atoms with van der Waals surface area (Å²) in [5.41, 5.74) is 7.35. The van der Waals surface area contributed by atoms with Crippen molar-refractivity contribution in [2.24, 2.45) is 5.73 Å². The van der Waals surface area contributed by atoms with Crippen molar-refractivity contribution in [2.45, 2.75) is 49.7 Å². The van der Waals surface area contributed by atoms with Crippen LogP contribution in [0.15, 0.2) is 0 Å². The topological polar surface area (TPSA) is 42.2 Å². The average Bonchev–Trinajstić information content (AvgIpc) is 2.73. The summed E-state index contributed by atoms with van der Waals surface area (Å²) in [6.07, 6.45) is 3.49. The van der Waals surface area contributed by atoms with Gasteiger partial charge in [-0.25, -0.2) is 4.98 Å². The molecule has 5 heteroatoms. The Morgan fingerprint density at radius 1 is 1.28 bits per heavy atom. The number of aryl methyl sites for hydroxylation is 1. The molecule has 0 aromatic carbocycles. The van der Waals surface area contributed by atoms with E-state index in [0.717, 1.165) is 19.5 Å². The van der Waals surface area contributed by atoms with E-state index in [2.05, 4.69) is 30.5 Å². The molecule has 18 heavy (non-hydrogen) atoms. The highest BCUT2D eigenvalue weighted by molar-refractivity contribution is 8.00. The molecule has 1 fully saturated rings. The predicted molar refractivity (Wildman–Crippen MR) is 80.7 cm³/mol. The van der Waals surface area contributed by atoms with Crippen LogP contribution in [0.5, 0.6) is 0 Å². The minimum absolute atomic E-state index is 0.174. The minimum Gasteiger partial charge on any atom is -0.346 e. The molecule has 1 aromatic heterocycles. The summed E-state index contributed by atoms with van der Waals surface area (Å²) in [6, 6.07) is 0.174.